The lowest BCUT2D eigenvalue weighted by atomic mass is 10.1. The summed E-state index contributed by atoms with van der Waals surface area (Å²) >= 11 is 0. The van der Waals surface area contributed by atoms with Gasteiger partial charge in [-0.1, -0.05) is 6.58 Å². The van der Waals surface area contributed by atoms with E-state index in [0.29, 0.717) is 0 Å². The minimum absolute atomic E-state index is 0.255. The van der Waals surface area contributed by atoms with Crippen LogP contribution in [0.2, 0.25) is 0 Å². The van der Waals surface area contributed by atoms with Gasteiger partial charge in [0.2, 0.25) is 0 Å². The third kappa shape index (κ3) is 3.69. The van der Waals surface area contributed by atoms with E-state index in [-0.39, 0.29) is 6.61 Å². The number of nitrogens with one attached hydrogen (secondary N) is 1. The molecule has 0 amide bonds. The van der Waals surface area contributed by atoms with Crippen LogP contribution in [0.1, 0.15) is 20.1 Å². The zero-order valence-electron chi connectivity index (χ0n) is 13.7. The van der Waals surface area contributed by atoms with Gasteiger partial charge in [-0.2, -0.15) is 0 Å². The zero-order chi connectivity index (χ0) is 18.4. The van der Waals surface area contributed by atoms with Crippen molar-refractivity contribution in [2.45, 2.75) is 44.2 Å². The van der Waals surface area contributed by atoms with Crippen LogP contribution in [0.25, 0.3) is 0 Å². The fourth-order valence-electron chi connectivity index (χ4n) is 2.88. The predicted molar refractivity (Wildman–Crippen MR) is 85.0 cm³/mol. The number of hydrogen-bond donors (Lipinski definition) is 2. The van der Waals surface area contributed by atoms with Gasteiger partial charge in [0, 0.05) is 18.1 Å². The first-order valence-electron chi connectivity index (χ1n) is 7.55. The van der Waals surface area contributed by atoms with Gasteiger partial charge in [-0.25, -0.2) is 4.79 Å². The summed E-state index contributed by atoms with van der Waals surface area (Å²) in [6, 6.07) is 1.18. The molecule has 2 N–H and O–H groups in total. The topological polar surface area (TPSA) is 129 Å². The van der Waals surface area contributed by atoms with Crippen molar-refractivity contribution in [1.82, 2.24) is 9.55 Å². The summed E-state index contributed by atoms with van der Waals surface area (Å²) in [6.07, 6.45) is -1.62. The Balaban J connectivity index is 1.88. The van der Waals surface area contributed by atoms with Gasteiger partial charge in [0.15, 0.2) is 12.0 Å². The van der Waals surface area contributed by atoms with Crippen molar-refractivity contribution >= 4 is 7.60 Å². The number of aromatic amines is 1. The largest absolute Gasteiger partial charge is 0.351 e. The van der Waals surface area contributed by atoms with Gasteiger partial charge in [0.1, 0.15) is 18.3 Å². The lowest BCUT2D eigenvalue weighted by Gasteiger charge is -2.25. The van der Waals surface area contributed by atoms with Gasteiger partial charge in [-0.15, -0.1) is 0 Å². The van der Waals surface area contributed by atoms with E-state index < -0.39 is 49.2 Å². The maximum absolute atomic E-state index is 12.0. The first kappa shape index (κ1) is 18.2. The maximum atomic E-state index is 12.0. The standard InChI is InChI=1S/C14H19N2O8P/c1-4-25(19,20)21-7-8-10-11(24-14(2,3)23-10)12(22-8)16-6-5-9(17)15-13(16)18/h4-6,8,10-12H,1,7H2,2-3H3,(H,19,20)(H,15,17,18)/t8-,10-,11-,12-/m1/s1. The van der Waals surface area contributed by atoms with Crippen LogP contribution in [0.5, 0.6) is 0 Å². The second-order valence-corrected chi connectivity index (χ2v) is 7.94. The van der Waals surface area contributed by atoms with Crippen molar-refractivity contribution in [2.24, 2.45) is 0 Å². The molecule has 2 aliphatic rings. The van der Waals surface area contributed by atoms with Gasteiger partial charge in [-0.05, 0) is 13.8 Å². The van der Waals surface area contributed by atoms with Crippen LogP contribution in [0, 0.1) is 0 Å². The van der Waals surface area contributed by atoms with Gasteiger partial charge in [0.05, 0.1) is 6.61 Å². The molecule has 0 saturated carbocycles. The zero-order valence-corrected chi connectivity index (χ0v) is 14.5. The molecule has 1 aromatic heterocycles. The molecule has 138 valence electrons. The quantitative estimate of drug-likeness (QED) is 0.704. The highest BCUT2D eigenvalue weighted by Gasteiger charge is 2.56. The molecule has 25 heavy (non-hydrogen) atoms. The highest BCUT2D eigenvalue weighted by atomic mass is 31.2. The Hall–Kier alpha value is -1.55. The number of H-pyrrole nitrogens is 1. The van der Waals surface area contributed by atoms with Crippen molar-refractivity contribution in [3.63, 3.8) is 0 Å². The number of aromatic nitrogens is 2. The number of hydrogen-bond acceptors (Lipinski definition) is 7. The molecule has 10 nitrogen and oxygen atoms in total. The summed E-state index contributed by atoms with van der Waals surface area (Å²) in [6.45, 7) is 6.39. The van der Waals surface area contributed by atoms with Crippen LogP contribution in [0.15, 0.2) is 34.2 Å². The summed E-state index contributed by atoms with van der Waals surface area (Å²) in [5.74, 6) is -0.109. The molecular weight excluding hydrogens is 355 g/mol. The van der Waals surface area contributed by atoms with Crippen molar-refractivity contribution in [2.75, 3.05) is 6.61 Å². The number of nitrogens with zero attached hydrogens (tertiary/aromatic N) is 1. The van der Waals surface area contributed by atoms with Crippen molar-refractivity contribution < 1.29 is 28.2 Å². The van der Waals surface area contributed by atoms with E-state index in [1.807, 2.05) is 0 Å². The predicted octanol–water partition coefficient (Wildman–Crippen LogP) is 0.300. The first-order valence-corrected chi connectivity index (χ1v) is 9.20. The molecule has 0 bridgehead atoms. The molecule has 0 spiro atoms. The van der Waals surface area contributed by atoms with Gasteiger partial charge in [0.25, 0.3) is 5.56 Å². The molecule has 2 fully saturated rings. The SMILES string of the molecule is C=CP(=O)(O)OC[C@H]1O[C@@H](n2ccc(=O)[nH]c2=O)[C@@H]2OC(C)(C)O[C@@H]21. The fraction of sp³-hybridized carbons (Fsp3) is 0.571. The number of rotatable bonds is 5. The lowest BCUT2D eigenvalue weighted by Crippen LogP contribution is -2.37. The highest BCUT2D eigenvalue weighted by molar-refractivity contribution is 7.56. The van der Waals surface area contributed by atoms with Gasteiger partial charge >= 0.3 is 13.3 Å². The minimum Gasteiger partial charge on any atom is -0.346 e. The second-order valence-electron chi connectivity index (χ2n) is 6.19. The van der Waals surface area contributed by atoms with Gasteiger partial charge < -0.3 is 23.6 Å². The minimum atomic E-state index is -3.93. The molecule has 1 unspecified atom stereocenters. The molecule has 0 aromatic carbocycles. The average Bonchev–Trinajstić information content (AvgIpc) is 2.99. The van der Waals surface area contributed by atoms with E-state index in [4.69, 9.17) is 18.7 Å². The summed E-state index contributed by atoms with van der Waals surface area (Å²) in [7, 11) is -3.93. The van der Waals surface area contributed by atoms with E-state index in [1.165, 1.54) is 16.8 Å². The lowest BCUT2D eigenvalue weighted by molar-refractivity contribution is -0.199. The monoisotopic (exact) mass is 374 g/mol. The van der Waals surface area contributed by atoms with E-state index >= 15 is 0 Å². The summed E-state index contributed by atoms with van der Waals surface area (Å²) in [5, 5.41) is 0. The molecule has 3 heterocycles. The van der Waals surface area contributed by atoms with E-state index in [1.54, 1.807) is 13.8 Å². The average molecular weight is 374 g/mol. The maximum Gasteiger partial charge on any atom is 0.351 e. The normalized spacial score (nSPS) is 32.9. The molecule has 11 heteroatoms. The Bertz CT molecular complexity index is 831. The molecule has 3 rings (SSSR count). The van der Waals surface area contributed by atoms with Crippen molar-refractivity contribution in [1.29, 1.82) is 0 Å². The van der Waals surface area contributed by atoms with Crippen LogP contribution >= 0.6 is 7.60 Å². The third-order valence-corrected chi connectivity index (χ3v) is 4.89. The van der Waals surface area contributed by atoms with Crippen molar-refractivity contribution in [3.05, 3.63) is 45.5 Å². The number of fused-ring (bicyclic) bond motifs is 1. The smallest absolute Gasteiger partial charge is 0.346 e. The van der Waals surface area contributed by atoms with E-state index in [2.05, 4.69) is 11.6 Å². The molecule has 0 aliphatic carbocycles. The summed E-state index contributed by atoms with van der Waals surface area (Å²) in [5.41, 5.74) is -1.20. The van der Waals surface area contributed by atoms with Crippen LogP contribution < -0.4 is 11.2 Å². The molecule has 2 saturated heterocycles. The van der Waals surface area contributed by atoms with Crippen LogP contribution in [0.4, 0.5) is 0 Å². The van der Waals surface area contributed by atoms with Crippen LogP contribution in [-0.4, -0.2) is 45.2 Å². The first-order chi connectivity index (χ1) is 11.6. The van der Waals surface area contributed by atoms with Crippen molar-refractivity contribution in [3.8, 4) is 0 Å². The van der Waals surface area contributed by atoms with E-state index in [0.717, 1.165) is 5.82 Å². The van der Waals surface area contributed by atoms with Crippen LogP contribution in [-0.2, 0) is 23.3 Å². The second kappa shape index (κ2) is 6.31. The van der Waals surface area contributed by atoms with Crippen LogP contribution in [0.3, 0.4) is 0 Å². The Labute approximate surface area is 142 Å². The molecular formula is C14H19N2O8P. The molecule has 0 radical (unpaired) electrons. The number of ether oxygens (including phenoxy) is 3. The Morgan fingerprint density at radius 3 is 2.76 bits per heavy atom. The molecule has 5 atom stereocenters. The molecule has 1 aromatic rings. The Morgan fingerprint density at radius 1 is 1.44 bits per heavy atom. The third-order valence-electron chi connectivity index (χ3n) is 3.91. The Morgan fingerprint density at radius 2 is 2.12 bits per heavy atom. The van der Waals surface area contributed by atoms with E-state index in [9.17, 15) is 19.0 Å². The summed E-state index contributed by atoms with van der Waals surface area (Å²) < 4.78 is 35.1. The summed E-state index contributed by atoms with van der Waals surface area (Å²) in [4.78, 5) is 34.9. The fourth-order valence-corrected chi connectivity index (χ4v) is 3.34. The Kier molecular flexibility index (Phi) is 4.61. The molecule has 2 aliphatic heterocycles. The highest BCUT2D eigenvalue weighted by Crippen LogP contribution is 2.46. The van der Waals surface area contributed by atoms with Gasteiger partial charge in [-0.3, -0.25) is 18.9 Å².